The van der Waals surface area contributed by atoms with E-state index in [1.807, 2.05) is 6.92 Å². The maximum Gasteiger partial charge on any atom is 0.305 e. The molecule has 3 rings (SSSR count). The van der Waals surface area contributed by atoms with Crippen LogP contribution in [0.4, 0.5) is 4.39 Å². The van der Waals surface area contributed by atoms with Crippen LogP contribution in [0.25, 0.3) is 0 Å². The number of thioether (sulfide) groups is 1. The van der Waals surface area contributed by atoms with Gasteiger partial charge in [0.2, 0.25) is 0 Å². The molecule has 0 radical (unpaired) electrons. The molecule has 0 saturated carbocycles. The van der Waals surface area contributed by atoms with E-state index in [2.05, 4.69) is 15.3 Å². The standard InChI is InChI=1S/C27H27FN4O5S/c1-2-32(15-18-7-9-29-10-8-18)27(37)21-11-20(13-30-14-21)26(36)31-23(12-25(34)35)24(33)17-38-16-19-3-5-22(28)6-4-19/h3-11,13-14,23H,2,12,15-17H2,1H3,(H,31,36)(H,34,35)/t23-/m0/s1. The summed E-state index contributed by atoms with van der Waals surface area (Å²) in [7, 11) is 0. The van der Waals surface area contributed by atoms with E-state index in [1.165, 1.54) is 42.4 Å². The molecule has 0 aliphatic carbocycles. The summed E-state index contributed by atoms with van der Waals surface area (Å²) in [6.07, 6.45) is 5.27. The van der Waals surface area contributed by atoms with Crippen LogP contribution in [0.5, 0.6) is 0 Å². The van der Waals surface area contributed by atoms with Gasteiger partial charge < -0.3 is 15.3 Å². The Morgan fingerprint density at radius 2 is 1.68 bits per heavy atom. The number of nitrogens with zero attached hydrogens (tertiary/aromatic N) is 3. The minimum atomic E-state index is -1.26. The Balaban J connectivity index is 1.65. The van der Waals surface area contributed by atoms with Gasteiger partial charge in [0.05, 0.1) is 29.3 Å². The Hall–Kier alpha value is -4.12. The summed E-state index contributed by atoms with van der Waals surface area (Å²) in [6, 6.07) is 9.53. The summed E-state index contributed by atoms with van der Waals surface area (Å²) in [5.41, 5.74) is 1.91. The molecule has 0 aliphatic rings. The normalized spacial score (nSPS) is 11.4. The van der Waals surface area contributed by atoms with Crippen molar-refractivity contribution in [2.45, 2.75) is 31.7 Å². The molecule has 0 spiro atoms. The van der Waals surface area contributed by atoms with Gasteiger partial charge in [-0.2, -0.15) is 0 Å². The number of hydrogen-bond donors (Lipinski definition) is 2. The van der Waals surface area contributed by atoms with Crippen molar-refractivity contribution in [3.05, 3.63) is 95.3 Å². The third kappa shape index (κ3) is 8.48. The van der Waals surface area contributed by atoms with E-state index in [4.69, 9.17) is 0 Å². The number of pyridine rings is 2. The molecule has 1 atom stereocenters. The maximum absolute atomic E-state index is 13.1. The monoisotopic (exact) mass is 538 g/mol. The van der Waals surface area contributed by atoms with Crippen molar-refractivity contribution in [1.29, 1.82) is 0 Å². The molecule has 0 unspecified atom stereocenters. The van der Waals surface area contributed by atoms with Crippen LogP contribution in [-0.4, -0.2) is 61.9 Å². The first kappa shape index (κ1) is 28.5. The first-order valence-corrected chi connectivity index (χ1v) is 12.9. The lowest BCUT2D eigenvalue weighted by Crippen LogP contribution is -2.43. The summed E-state index contributed by atoms with van der Waals surface area (Å²) >= 11 is 1.23. The Bertz CT molecular complexity index is 1270. The largest absolute Gasteiger partial charge is 0.481 e. The topological polar surface area (TPSA) is 130 Å². The number of rotatable bonds is 13. The number of carbonyl (C=O) groups is 4. The SMILES string of the molecule is CCN(Cc1ccncc1)C(=O)c1cncc(C(=O)N[C@@H](CC(=O)O)C(=O)CSCc2ccc(F)cc2)c1. The molecule has 1 aromatic carbocycles. The minimum Gasteiger partial charge on any atom is -0.481 e. The van der Waals surface area contributed by atoms with E-state index in [1.54, 1.807) is 41.6 Å². The molecule has 0 bridgehead atoms. The first-order chi connectivity index (χ1) is 18.3. The number of benzene rings is 1. The van der Waals surface area contributed by atoms with Crippen molar-refractivity contribution < 1.29 is 28.7 Å². The van der Waals surface area contributed by atoms with Gasteiger partial charge in [0, 0.05) is 43.6 Å². The van der Waals surface area contributed by atoms with E-state index in [9.17, 15) is 28.7 Å². The van der Waals surface area contributed by atoms with Gasteiger partial charge >= 0.3 is 5.97 Å². The predicted octanol–water partition coefficient (Wildman–Crippen LogP) is 3.35. The fraction of sp³-hybridized carbons (Fsp3) is 0.259. The molecule has 3 aromatic rings. The van der Waals surface area contributed by atoms with E-state index < -0.39 is 30.1 Å². The second-order valence-corrected chi connectivity index (χ2v) is 9.33. The van der Waals surface area contributed by atoms with Crippen LogP contribution in [0, 0.1) is 5.82 Å². The molecule has 11 heteroatoms. The molecule has 2 amide bonds. The number of carboxylic acids is 1. The Kier molecular flexibility index (Phi) is 10.5. The summed E-state index contributed by atoms with van der Waals surface area (Å²) in [6.45, 7) is 2.60. The number of ketones is 1. The highest BCUT2D eigenvalue weighted by Gasteiger charge is 2.25. The molecule has 0 aliphatic heterocycles. The van der Waals surface area contributed by atoms with Gasteiger partial charge in [0.1, 0.15) is 5.82 Å². The maximum atomic E-state index is 13.1. The molecule has 38 heavy (non-hydrogen) atoms. The van der Waals surface area contributed by atoms with Gasteiger partial charge in [-0.1, -0.05) is 12.1 Å². The highest BCUT2D eigenvalue weighted by atomic mass is 32.2. The Labute approximate surface area is 223 Å². The number of carbonyl (C=O) groups excluding carboxylic acids is 3. The third-order valence-electron chi connectivity index (χ3n) is 5.54. The summed E-state index contributed by atoms with van der Waals surface area (Å²) in [4.78, 5) is 59.6. The van der Waals surface area contributed by atoms with Crippen LogP contribution in [0.15, 0.2) is 67.3 Å². The fourth-order valence-electron chi connectivity index (χ4n) is 3.51. The lowest BCUT2D eigenvalue weighted by molar-refractivity contribution is -0.139. The molecular weight excluding hydrogens is 511 g/mol. The van der Waals surface area contributed by atoms with Crippen molar-refractivity contribution in [2.24, 2.45) is 0 Å². The number of Topliss-reactive ketones (excluding diaryl/α,β-unsaturated/α-hetero) is 1. The second-order valence-electron chi connectivity index (χ2n) is 8.35. The van der Waals surface area contributed by atoms with Crippen LogP contribution in [-0.2, 0) is 21.9 Å². The van der Waals surface area contributed by atoms with Gasteiger partial charge in [0.25, 0.3) is 11.8 Å². The average molecular weight is 539 g/mol. The number of nitrogens with one attached hydrogen (secondary N) is 1. The van der Waals surface area contributed by atoms with E-state index in [-0.39, 0.29) is 28.6 Å². The van der Waals surface area contributed by atoms with Gasteiger partial charge in [-0.15, -0.1) is 11.8 Å². The molecule has 2 heterocycles. The molecule has 0 fully saturated rings. The lowest BCUT2D eigenvalue weighted by Gasteiger charge is -2.21. The van der Waals surface area contributed by atoms with Crippen molar-refractivity contribution >= 4 is 35.3 Å². The van der Waals surface area contributed by atoms with Crippen molar-refractivity contribution in [3.63, 3.8) is 0 Å². The van der Waals surface area contributed by atoms with Crippen LogP contribution in [0.3, 0.4) is 0 Å². The van der Waals surface area contributed by atoms with Gasteiger partial charge in [-0.25, -0.2) is 4.39 Å². The molecule has 9 nitrogen and oxygen atoms in total. The number of aromatic nitrogens is 2. The lowest BCUT2D eigenvalue weighted by atomic mass is 10.1. The van der Waals surface area contributed by atoms with E-state index >= 15 is 0 Å². The summed E-state index contributed by atoms with van der Waals surface area (Å²) < 4.78 is 13.1. The number of carboxylic acid groups (broad SMARTS) is 1. The van der Waals surface area contributed by atoms with Gasteiger partial charge in [0.15, 0.2) is 5.78 Å². The van der Waals surface area contributed by atoms with Crippen LogP contribution in [0.2, 0.25) is 0 Å². The number of aliphatic carboxylic acids is 1. The molecule has 2 aromatic heterocycles. The number of halogens is 1. The van der Waals surface area contributed by atoms with E-state index in [0.717, 1.165) is 11.1 Å². The van der Waals surface area contributed by atoms with Gasteiger partial charge in [-0.05, 0) is 48.4 Å². The zero-order valence-electron chi connectivity index (χ0n) is 20.7. The predicted molar refractivity (Wildman–Crippen MR) is 140 cm³/mol. The fourth-order valence-corrected chi connectivity index (χ4v) is 4.44. The highest BCUT2D eigenvalue weighted by molar-refractivity contribution is 7.99. The summed E-state index contributed by atoms with van der Waals surface area (Å²) in [5, 5.41) is 11.7. The zero-order chi connectivity index (χ0) is 27.5. The van der Waals surface area contributed by atoms with Crippen LogP contribution < -0.4 is 5.32 Å². The summed E-state index contributed by atoms with van der Waals surface area (Å²) in [5.74, 6) is -2.76. The second kappa shape index (κ2) is 14.0. The number of hydrogen-bond acceptors (Lipinski definition) is 7. The molecule has 0 saturated heterocycles. The van der Waals surface area contributed by atoms with Crippen molar-refractivity contribution in [3.8, 4) is 0 Å². The van der Waals surface area contributed by atoms with E-state index in [0.29, 0.717) is 18.8 Å². The highest BCUT2D eigenvalue weighted by Crippen LogP contribution is 2.15. The van der Waals surface area contributed by atoms with Crippen LogP contribution in [0.1, 0.15) is 45.2 Å². The first-order valence-electron chi connectivity index (χ1n) is 11.8. The number of amides is 2. The molecule has 198 valence electrons. The average Bonchev–Trinajstić information content (AvgIpc) is 2.92. The molecular formula is C27H27FN4O5S. The Morgan fingerprint density at radius 1 is 1.00 bits per heavy atom. The van der Waals surface area contributed by atoms with Crippen LogP contribution >= 0.6 is 11.8 Å². The Morgan fingerprint density at radius 3 is 2.34 bits per heavy atom. The smallest absolute Gasteiger partial charge is 0.305 e. The van der Waals surface area contributed by atoms with Gasteiger partial charge in [-0.3, -0.25) is 29.1 Å². The minimum absolute atomic E-state index is 0.0259. The quantitative estimate of drug-likeness (QED) is 0.339. The zero-order valence-corrected chi connectivity index (χ0v) is 21.5. The third-order valence-corrected chi connectivity index (χ3v) is 6.56. The molecule has 2 N–H and O–H groups in total. The van der Waals surface area contributed by atoms with Crippen molar-refractivity contribution in [2.75, 3.05) is 12.3 Å². The van der Waals surface area contributed by atoms with Crippen molar-refractivity contribution in [1.82, 2.24) is 20.2 Å².